The molecule has 0 radical (unpaired) electrons. The van der Waals surface area contributed by atoms with Crippen molar-refractivity contribution < 1.29 is 23.9 Å². The summed E-state index contributed by atoms with van der Waals surface area (Å²) in [7, 11) is 1.53. The smallest absolute Gasteiger partial charge is 0.341 e. The number of amides is 2. The first-order valence-corrected chi connectivity index (χ1v) is 12.3. The Morgan fingerprint density at radius 1 is 1.34 bits per heavy atom. The van der Waals surface area contributed by atoms with E-state index in [-0.39, 0.29) is 36.6 Å². The number of anilines is 1. The van der Waals surface area contributed by atoms with Gasteiger partial charge in [0.05, 0.1) is 29.7 Å². The molecule has 0 aliphatic carbocycles. The minimum Gasteiger partial charge on any atom is -0.462 e. The van der Waals surface area contributed by atoms with Crippen molar-refractivity contribution in [2.24, 2.45) is 0 Å². The number of carbonyl (C=O) groups is 3. The molecule has 8 nitrogen and oxygen atoms in total. The van der Waals surface area contributed by atoms with Crippen molar-refractivity contribution in [3.63, 3.8) is 0 Å². The highest BCUT2D eigenvalue weighted by atomic mass is 32.1. The summed E-state index contributed by atoms with van der Waals surface area (Å²) in [6, 6.07) is 4.03. The molecule has 2 N–H and O–H groups in total. The van der Waals surface area contributed by atoms with Crippen molar-refractivity contribution in [2.75, 3.05) is 38.7 Å². The monoisotopic (exact) mass is 479 g/mol. The van der Waals surface area contributed by atoms with E-state index in [4.69, 9.17) is 9.47 Å². The van der Waals surface area contributed by atoms with Crippen LogP contribution in [0.2, 0.25) is 0 Å². The summed E-state index contributed by atoms with van der Waals surface area (Å²) in [5, 5.41) is 7.76. The van der Waals surface area contributed by atoms with E-state index in [0.29, 0.717) is 28.5 Å². The third-order valence-electron chi connectivity index (χ3n) is 5.13. The molecular formula is C22H29N3O5S2. The van der Waals surface area contributed by atoms with Gasteiger partial charge in [0.15, 0.2) is 0 Å². The Hall–Kier alpha value is -2.27. The van der Waals surface area contributed by atoms with Gasteiger partial charge in [-0.2, -0.15) is 0 Å². The normalized spacial score (nSPS) is 15.7. The first-order chi connectivity index (χ1) is 15.4. The molecule has 1 saturated heterocycles. The third kappa shape index (κ3) is 6.16. The Morgan fingerprint density at radius 3 is 2.78 bits per heavy atom. The van der Waals surface area contributed by atoms with Crippen LogP contribution in [0.5, 0.6) is 0 Å². The van der Waals surface area contributed by atoms with Crippen LogP contribution in [0.15, 0.2) is 17.5 Å². The number of esters is 1. The summed E-state index contributed by atoms with van der Waals surface area (Å²) < 4.78 is 10.9. The number of nitrogens with zero attached hydrogens (tertiary/aromatic N) is 1. The second-order valence-corrected chi connectivity index (χ2v) is 9.54. The standard InChI is InChI=1S/C22H29N3O5S2/c1-4-29-22(28)18-14(2)19(20(27)23-3)32-21(18)24-17(26)13-25(11-15-7-5-9-30-15)12-16-8-6-10-31-16/h6,8,10,15H,4-5,7,9,11-13H2,1-3H3,(H,23,27)(H,24,26). The zero-order valence-corrected chi connectivity index (χ0v) is 20.2. The summed E-state index contributed by atoms with van der Waals surface area (Å²) in [4.78, 5) is 41.3. The molecule has 1 unspecified atom stereocenters. The highest BCUT2D eigenvalue weighted by Crippen LogP contribution is 2.34. The summed E-state index contributed by atoms with van der Waals surface area (Å²) in [6.07, 6.45) is 2.13. The van der Waals surface area contributed by atoms with Crippen LogP contribution in [-0.2, 0) is 20.8 Å². The van der Waals surface area contributed by atoms with Crippen LogP contribution in [-0.4, -0.2) is 62.1 Å². The molecule has 0 bridgehead atoms. The summed E-state index contributed by atoms with van der Waals surface area (Å²) in [5.41, 5.74) is 0.727. The Morgan fingerprint density at radius 2 is 2.16 bits per heavy atom. The third-order valence-corrected chi connectivity index (χ3v) is 7.19. The maximum Gasteiger partial charge on any atom is 0.341 e. The first-order valence-electron chi connectivity index (χ1n) is 10.6. The van der Waals surface area contributed by atoms with E-state index in [9.17, 15) is 14.4 Å². The Bertz CT molecular complexity index is 936. The molecule has 1 fully saturated rings. The maximum atomic E-state index is 13.0. The molecule has 3 heterocycles. The molecule has 3 rings (SSSR count). The molecule has 2 aromatic heterocycles. The van der Waals surface area contributed by atoms with Crippen molar-refractivity contribution in [1.82, 2.24) is 10.2 Å². The van der Waals surface area contributed by atoms with E-state index in [1.165, 1.54) is 7.05 Å². The highest BCUT2D eigenvalue weighted by Gasteiger charge is 2.27. The molecule has 2 aromatic rings. The molecular weight excluding hydrogens is 450 g/mol. The van der Waals surface area contributed by atoms with Gasteiger partial charge in [-0.25, -0.2) is 4.79 Å². The largest absolute Gasteiger partial charge is 0.462 e. The van der Waals surface area contributed by atoms with Gasteiger partial charge in [0.1, 0.15) is 5.00 Å². The summed E-state index contributed by atoms with van der Waals surface area (Å²) >= 11 is 2.73. The fourth-order valence-electron chi connectivity index (χ4n) is 3.63. The summed E-state index contributed by atoms with van der Waals surface area (Å²) in [5.74, 6) is -1.12. The van der Waals surface area contributed by atoms with Crippen molar-refractivity contribution in [1.29, 1.82) is 0 Å². The Balaban J connectivity index is 1.77. The topological polar surface area (TPSA) is 97.0 Å². The minimum atomic E-state index is -0.554. The average Bonchev–Trinajstić information content (AvgIpc) is 3.50. The van der Waals surface area contributed by atoms with E-state index in [2.05, 4.69) is 15.5 Å². The van der Waals surface area contributed by atoms with Crippen LogP contribution in [0.3, 0.4) is 0 Å². The van der Waals surface area contributed by atoms with Crippen molar-refractivity contribution >= 4 is 45.5 Å². The van der Waals surface area contributed by atoms with Gasteiger partial charge in [-0.3, -0.25) is 14.5 Å². The number of hydrogen-bond donors (Lipinski definition) is 2. The van der Waals surface area contributed by atoms with Crippen LogP contribution in [0.1, 0.15) is 50.2 Å². The van der Waals surface area contributed by atoms with Crippen LogP contribution in [0.4, 0.5) is 5.00 Å². The molecule has 1 aliphatic rings. The lowest BCUT2D eigenvalue weighted by Crippen LogP contribution is -2.37. The van der Waals surface area contributed by atoms with Crippen LogP contribution < -0.4 is 10.6 Å². The van der Waals surface area contributed by atoms with E-state index >= 15 is 0 Å². The zero-order valence-electron chi connectivity index (χ0n) is 18.6. The number of nitrogens with one attached hydrogen (secondary N) is 2. The molecule has 174 valence electrons. The fourth-order valence-corrected chi connectivity index (χ4v) is 5.54. The summed E-state index contributed by atoms with van der Waals surface area (Å²) in [6.45, 7) is 5.79. The van der Waals surface area contributed by atoms with Gasteiger partial charge in [0, 0.05) is 31.6 Å². The van der Waals surface area contributed by atoms with Crippen molar-refractivity contribution in [2.45, 2.75) is 39.3 Å². The van der Waals surface area contributed by atoms with E-state index < -0.39 is 5.97 Å². The van der Waals surface area contributed by atoms with E-state index in [0.717, 1.165) is 35.7 Å². The number of carbonyl (C=O) groups excluding carboxylic acids is 3. The van der Waals surface area contributed by atoms with Gasteiger partial charge >= 0.3 is 5.97 Å². The predicted octanol–water partition coefficient (Wildman–Crippen LogP) is 3.27. The molecule has 32 heavy (non-hydrogen) atoms. The molecule has 1 atom stereocenters. The lowest BCUT2D eigenvalue weighted by molar-refractivity contribution is -0.117. The molecule has 0 saturated carbocycles. The lowest BCUT2D eigenvalue weighted by atomic mass is 10.1. The van der Waals surface area contributed by atoms with Gasteiger partial charge in [0.2, 0.25) is 5.91 Å². The molecule has 1 aliphatic heterocycles. The average molecular weight is 480 g/mol. The number of ether oxygens (including phenoxy) is 2. The number of rotatable bonds is 10. The van der Waals surface area contributed by atoms with E-state index in [1.54, 1.807) is 25.2 Å². The maximum absolute atomic E-state index is 13.0. The van der Waals surface area contributed by atoms with Gasteiger partial charge in [-0.15, -0.1) is 22.7 Å². The minimum absolute atomic E-state index is 0.113. The van der Waals surface area contributed by atoms with Crippen LogP contribution >= 0.6 is 22.7 Å². The first kappa shape index (κ1) is 24.4. The lowest BCUT2D eigenvalue weighted by Gasteiger charge is -2.24. The van der Waals surface area contributed by atoms with Crippen LogP contribution in [0.25, 0.3) is 0 Å². The Kier molecular flexibility index (Phi) is 8.80. The van der Waals surface area contributed by atoms with Crippen molar-refractivity contribution in [3.8, 4) is 0 Å². The second-order valence-electron chi connectivity index (χ2n) is 7.49. The number of thiophene rings is 2. The van der Waals surface area contributed by atoms with Gasteiger partial charge in [-0.05, 0) is 43.7 Å². The molecule has 0 aromatic carbocycles. The van der Waals surface area contributed by atoms with Crippen molar-refractivity contribution in [3.05, 3.63) is 38.4 Å². The number of hydrogen-bond acceptors (Lipinski definition) is 8. The Labute approximate surface area is 195 Å². The second kappa shape index (κ2) is 11.6. The van der Waals surface area contributed by atoms with Gasteiger partial charge in [-0.1, -0.05) is 6.07 Å². The zero-order chi connectivity index (χ0) is 23.1. The van der Waals surface area contributed by atoms with Crippen LogP contribution in [0, 0.1) is 6.92 Å². The van der Waals surface area contributed by atoms with Gasteiger partial charge < -0.3 is 20.1 Å². The molecule has 0 spiro atoms. The van der Waals surface area contributed by atoms with E-state index in [1.807, 2.05) is 17.5 Å². The SMILES string of the molecule is CCOC(=O)c1c(NC(=O)CN(Cc2cccs2)CC2CCCO2)sc(C(=O)NC)c1C. The molecule has 10 heteroatoms. The molecule has 2 amide bonds. The fraction of sp³-hybridized carbons (Fsp3) is 0.500. The van der Waals surface area contributed by atoms with Gasteiger partial charge in [0.25, 0.3) is 5.91 Å². The quantitative estimate of drug-likeness (QED) is 0.508. The highest BCUT2D eigenvalue weighted by molar-refractivity contribution is 7.18. The predicted molar refractivity (Wildman–Crippen MR) is 126 cm³/mol.